The lowest BCUT2D eigenvalue weighted by Gasteiger charge is -2.24. The van der Waals surface area contributed by atoms with Gasteiger partial charge in [0.25, 0.3) is 5.91 Å². The van der Waals surface area contributed by atoms with E-state index in [1.165, 1.54) is 0 Å². The lowest BCUT2D eigenvalue weighted by molar-refractivity contribution is -0.128. The average molecular weight is 445 g/mol. The number of rotatable bonds is 8. The molecule has 162 valence electrons. The molecule has 1 heterocycles. The van der Waals surface area contributed by atoms with Gasteiger partial charge in [-0.05, 0) is 47.5 Å². The molecule has 0 saturated carbocycles. The smallest absolute Gasteiger partial charge is 0.255 e. The molecule has 32 heavy (non-hydrogen) atoms. The minimum absolute atomic E-state index is 0.0528. The first-order valence-electron chi connectivity index (χ1n) is 10.3. The lowest BCUT2D eigenvalue weighted by Crippen LogP contribution is -2.27. The normalized spacial score (nSPS) is 15.4. The number of amides is 2. The Hall–Kier alpha value is -3.51. The first-order chi connectivity index (χ1) is 15.6. The van der Waals surface area contributed by atoms with E-state index in [4.69, 9.17) is 4.74 Å². The van der Waals surface area contributed by atoms with E-state index in [0.717, 1.165) is 16.9 Å². The molecule has 1 N–H and O–H groups in total. The van der Waals surface area contributed by atoms with E-state index in [9.17, 15) is 9.59 Å². The molecule has 1 aliphatic heterocycles. The van der Waals surface area contributed by atoms with Crippen LogP contribution < -0.4 is 10.1 Å². The molecule has 4 rings (SSSR count). The van der Waals surface area contributed by atoms with Crippen molar-refractivity contribution in [2.45, 2.75) is 11.9 Å². The van der Waals surface area contributed by atoms with Gasteiger partial charge in [0, 0.05) is 17.8 Å². The number of carbonyl (C=O) groups is 2. The molecule has 3 aromatic carbocycles. The summed E-state index contributed by atoms with van der Waals surface area (Å²) in [6, 6.07) is 24.6. The van der Waals surface area contributed by atoms with E-state index >= 15 is 0 Å². The summed E-state index contributed by atoms with van der Waals surface area (Å²) in [5, 5.41) is 2.84. The van der Waals surface area contributed by atoms with Gasteiger partial charge in [-0.25, -0.2) is 0 Å². The summed E-state index contributed by atoms with van der Waals surface area (Å²) in [6.45, 7) is 4.63. The molecule has 0 spiro atoms. The molecule has 0 aliphatic carbocycles. The Morgan fingerprint density at radius 1 is 1.06 bits per heavy atom. The van der Waals surface area contributed by atoms with Crippen LogP contribution in [0.2, 0.25) is 0 Å². The number of ether oxygens (including phenoxy) is 1. The van der Waals surface area contributed by atoms with Crippen molar-refractivity contribution < 1.29 is 14.3 Å². The molecule has 1 atom stereocenters. The van der Waals surface area contributed by atoms with Crippen LogP contribution in [-0.2, 0) is 11.3 Å². The van der Waals surface area contributed by atoms with Crippen molar-refractivity contribution in [3.8, 4) is 5.75 Å². The van der Waals surface area contributed by atoms with E-state index in [-0.39, 0.29) is 17.2 Å². The predicted octanol–water partition coefficient (Wildman–Crippen LogP) is 5.28. The molecule has 0 radical (unpaired) electrons. The fourth-order valence-electron chi connectivity index (χ4n) is 3.47. The molecule has 1 fully saturated rings. The Morgan fingerprint density at radius 2 is 1.78 bits per heavy atom. The highest BCUT2D eigenvalue weighted by Crippen LogP contribution is 2.39. The second kappa shape index (κ2) is 10.2. The molecule has 3 aromatic rings. The van der Waals surface area contributed by atoms with Crippen molar-refractivity contribution in [3.05, 3.63) is 108 Å². The quantitative estimate of drug-likeness (QED) is 0.481. The van der Waals surface area contributed by atoms with E-state index in [2.05, 4.69) is 11.9 Å². The zero-order valence-corrected chi connectivity index (χ0v) is 18.4. The van der Waals surface area contributed by atoms with Crippen molar-refractivity contribution in [2.75, 3.05) is 17.7 Å². The Bertz CT molecular complexity index is 1080. The molecule has 0 unspecified atom stereocenters. The maximum absolute atomic E-state index is 12.6. The molecule has 6 heteroatoms. The maximum Gasteiger partial charge on any atom is 0.255 e. The largest absolute Gasteiger partial charge is 0.490 e. The van der Waals surface area contributed by atoms with E-state index in [1.807, 2.05) is 47.4 Å². The molecular formula is C26H24N2O3S. The van der Waals surface area contributed by atoms with E-state index < -0.39 is 0 Å². The molecule has 0 bridgehead atoms. The molecular weight excluding hydrogens is 420 g/mol. The summed E-state index contributed by atoms with van der Waals surface area (Å²) in [5.74, 6) is 1.13. The van der Waals surface area contributed by atoms with Gasteiger partial charge in [0.2, 0.25) is 5.91 Å². The van der Waals surface area contributed by atoms with Gasteiger partial charge in [-0.2, -0.15) is 0 Å². The molecule has 1 saturated heterocycles. The van der Waals surface area contributed by atoms with Gasteiger partial charge in [-0.1, -0.05) is 55.1 Å². The summed E-state index contributed by atoms with van der Waals surface area (Å²) in [6.07, 6.45) is 1.68. The number of hydrogen-bond acceptors (Lipinski definition) is 4. The van der Waals surface area contributed by atoms with Gasteiger partial charge < -0.3 is 15.0 Å². The van der Waals surface area contributed by atoms with Gasteiger partial charge in [-0.3, -0.25) is 9.59 Å². The van der Waals surface area contributed by atoms with E-state index in [0.29, 0.717) is 30.2 Å². The monoisotopic (exact) mass is 444 g/mol. The Labute approximate surface area is 192 Å². The fourth-order valence-corrected chi connectivity index (χ4v) is 4.66. The standard InChI is InChI=1S/C26H24N2O3S/c1-2-16-31-23-14-12-22(13-15-23)27-25(30)20-8-10-21(11-9-20)26-28(24(29)18-32-26)17-19-6-4-3-5-7-19/h2-15,26H,1,16-18H2,(H,27,30)/t26-/m0/s1. The second-order valence-corrected chi connectivity index (χ2v) is 8.44. The highest BCUT2D eigenvalue weighted by Gasteiger charge is 2.32. The van der Waals surface area contributed by atoms with Crippen molar-refractivity contribution in [2.24, 2.45) is 0 Å². The Balaban J connectivity index is 1.41. The van der Waals surface area contributed by atoms with Crippen LogP contribution in [-0.4, -0.2) is 29.1 Å². The first kappa shape index (κ1) is 21.7. The zero-order chi connectivity index (χ0) is 22.3. The minimum atomic E-state index is -0.187. The number of thioether (sulfide) groups is 1. The van der Waals surface area contributed by atoms with Gasteiger partial charge in [0.15, 0.2) is 0 Å². The van der Waals surface area contributed by atoms with Crippen LogP contribution in [0.3, 0.4) is 0 Å². The molecule has 5 nitrogen and oxygen atoms in total. The number of benzene rings is 3. The van der Waals surface area contributed by atoms with Crippen LogP contribution in [0.25, 0.3) is 0 Å². The van der Waals surface area contributed by atoms with Crippen LogP contribution in [0.1, 0.15) is 26.9 Å². The number of carbonyl (C=O) groups excluding carboxylic acids is 2. The molecule has 2 amide bonds. The van der Waals surface area contributed by atoms with Gasteiger partial charge in [0.05, 0.1) is 5.75 Å². The third kappa shape index (κ3) is 5.21. The summed E-state index contributed by atoms with van der Waals surface area (Å²) in [5.41, 5.74) is 3.36. The Kier molecular flexibility index (Phi) is 6.92. The number of nitrogens with zero attached hydrogens (tertiary/aromatic N) is 1. The lowest BCUT2D eigenvalue weighted by atomic mass is 10.1. The van der Waals surface area contributed by atoms with Gasteiger partial charge >= 0.3 is 0 Å². The third-order valence-corrected chi connectivity index (χ3v) is 6.36. The predicted molar refractivity (Wildman–Crippen MR) is 129 cm³/mol. The Morgan fingerprint density at radius 3 is 2.47 bits per heavy atom. The first-order valence-corrected chi connectivity index (χ1v) is 11.4. The van der Waals surface area contributed by atoms with Gasteiger partial charge in [-0.15, -0.1) is 11.8 Å². The average Bonchev–Trinajstić information content (AvgIpc) is 3.19. The highest BCUT2D eigenvalue weighted by atomic mass is 32.2. The van der Waals surface area contributed by atoms with Crippen LogP contribution >= 0.6 is 11.8 Å². The van der Waals surface area contributed by atoms with Crippen LogP contribution in [0.4, 0.5) is 5.69 Å². The number of nitrogens with one attached hydrogen (secondary N) is 1. The van der Waals surface area contributed by atoms with Crippen molar-refractivity contribution in [1.82, 2.24) is 4.90 Å². The van der Waals surface area contributed by atoms with E-state index in [1.54, 1.807) is 54.2 Å². The highest BCUT2D eigenvalue weighted by molar-refractivity contribution is 8.00. The zero-order valence-electron chi connectivity index (χ0n) is 17.6. The van der Waals surface area contributed by atoms with Crippen LogP contribution in [0.5, 0.6) is 5.75 Å². The summed E-state index contributed by atoms with van der Waals surface area (Å²) in [4.78, 5) is 27.0. The van der Waals surface area contributed by atoms with Crippen molar-refractivity contribution in [3.63, 3.8) is 0 Å². The SMILES string of the molecule is C=CCOc1ccc(NC(=O)c2ccc([C@@H]3SCC(=O)N3Cc3ccccc3)cc2)cc1. The summed E-state index contributed by atoms with van der Waals surface area (Å²) in [7, 11) is 0. The molecule has 1 aliphatic rings. The third-order valence-electron chi connectivity index (χ3n) is 5.10. The van der Waals surface area contributed by atoms with Crippen LogP contribution in [0, 0.1) is 0 Å². The van der Waals surface area contributed by atoms with Gasteiger partial charge in [0.1, 0.15) is 17.7 Å². The maximum atomic E-state index is 12.6. The topological polar surface area (TPSA) is 58.6 Å². The number of hydrogen-bond donors (Lipinski definition) is 1. The fraction of sp³-hybridized carbons (Fsp3) is 0.154. The minimum Gasteiger partial charge on any atom is -0.490 e. The summed E-state index contributed by atoms with van der Waals surface area (Å²) >= 11 is 1.61. The van der Waals surface area contributed by atoms with Crippen LogP contribution in [0.15, 0.2) is 91.5 Å². The summed E-state index contributed by atoms with van der Waals surface area (Å²) < 4.78 is 5.45. The second-order valence-electron chi connectivity index (χ2n) is 7.37. The van der Waals surface area contributed by atoms with Crippen molar-refractivity contribution in [1.29, 1.82) is 0 Å². The molecule has 0 aromatic heterocycles. The number of anilines is 1. The van der Waals surface area contributed by atoms with Crippen molar-refractivity contribution >= 4 is 29.3 Å².